The number of hydrogen-bond donors (Lipinski definition) is 3. The topological polar surface area (TPSA) is 171 Å². The van der Waals surface area contributed by atoms with Gasteiger partial charge in [0.1, 0.15) is 17.6 Å². The molecule has 4 fully saturated rings. The number of alkyl halides is 3. The molecule has 4 aliphatic rings. The molecule has 1 saturated carbocycles. The van der Waals surface area contributed by atoms with E-state index in [-0.39, 0.29) is 53.7 Å². The molecule has 312 valence electrons. The van der Waals surface area contributed by atoms with Crippen molar-refractivity contribution < 1.29 is 37.1 Å². The van der Waals surface area contributed by atoms with Crippen LogP contribution in [0, 0.1) is 17.2 Å². The van der Waals surface area contributed by atoms with Crippen LogP contribution in [0.1, 0.15) is 90.3 Å². The Bertz CT molecular complexity index is 1940. The quantitative estimate of drug-likeness (QED) is 0.138. The van der Waals surface area contributed by atoms with Crippen molar-refractivity contribution in [1.82, 2.24) is 29.3 Å². The predicted octanol–water partition coefficient (Wildman–Crippen LogP) is 5.61. The zero-order chi connectivity index (χ0) is 41.9. The van der Waals surface area contributed by atoms with Gasteiger partial charge in [-0.1, -0.05) is 6.07 Å². The molecule has 3 saturated heterocycles. The molecule has 3 aliphatic heterocycles. The largest absolute Gasteiger partial charge is 0.419 e. The number of rotatable bonds is 12. The van der Waals surface area contributed by atoms with E-state index >= 15 is 0 Å². The molecule has 1 aromatic carbocycles. The van der Waals surface area contributed by atoms with Gasteiger partial charge in [-0.2, -0.15) is 22.7 Å². The molecule has 4 heterocycles. The van der Waals surface area contributed by atoms with E-state index in [0.717, 1.165) is 74.7 Å². The highest BCUT2D eigenvalue weighted by Gasteiger charge is 2.54. The van der Waals surface area contributed by atoms with Crippen LogP contribution in [-0.2, 0) is 25.4 Å². The minimum atomic E-state index is -4.82. The van der Waals surface area contributed by atoms with Crippen molar-refractivity contribution >= 4 is 53.0 Å². The summed E-state index contributed by atoms with van der Waals surface area (Å²) < 4.78 is 41.5. The van der Waals surface area contributed by atoms with Crippen molar-refractivity contribution in [2.75, 3.05) is 36.8 Å². The molecule has 18 heteroatoms. The van der Waals surface area contributed by atoms with E-state index in [1.54, 1.807) is 36.9 Å². The van der Waals surface area contributed by atoms with Crippen molar-refractivity contribution in [1.29, 1.82) is 5.26 Å². The standard InChI is InChI=1S/C40H50F3N9O5S/c1-24-21-49(22-25(2)50(24)23-35(54)47-28-9-5-8-27(17-28)46-32-14-15-34(53)48-36(32)55)16-6-7-26-10-12-29(13-11-26)51-38(57)52(37(56)39(51,3)4)58-30-18-31(40(41,42)43)33(19-44)45-20-30/h5,8-9,17-18,20,24-26,29,32,46H,6-7,10-16,21-23H2,1-4H3,(H,47,54)(H,48,53,55)/t24-,25+,26?,29?,32?. The minimum absolute atomic E-state index is 0.0637. The number of imide groups is 2. The number of carbonyl (C=O) groups is 5. The van der Waals surface area contributed by atoms with E-state index in [4.69, 9.17) is 5.26 Å². The molecular weight excluding hydrogens is 776 g/mol. The number of hydrogen-bond acceptors (Lipinski definition) is 11. The van der Waals surface area contributed by atoms with Gasteiger partial charge in [-0.05, 0) is 109 Å². The monoisotopic (exact) mass is 825 g/mol. The first-order valence-corrected chi connectivity index (χ1v) is 20.5. The van der Waals surface area contributed by atoms with Gasteiger partial charge in [0.25, 0.3) is 5.91 Å². The average Bonchev–Trinajstić information content (AvgIpc) is 3.32. The van der Waals surface area contributed by atoms with Gasteiger partial charge in [0.05, 0.1) is 12.1 Å². The van der Waals surface area contributed by atoms with Crippen LogP contribution in [0.5, 0.6) is 0 Å². The van der Waals surface area contributed by atoms with Crippen LogP contribution in [0.2, 0.25) is 0 Å². The summed E-state index contributed by atoms with van der Waals surface area (Å²) in [6.45, 7) is 10.4. The Hall–Kier alpha value is -4.73. The van der Waals surface area contributed by atoms with Gasteiger partial charge in [-0.3, -0.25) is 29.4 Å². The molecule has 6 rings (SSSR count). The van der Waals surface area contributed by atoms with Crippen LogP contribution in [0.25, 0.3) is 0 Å². The summed E-state index contributed by atoms with van der Waals surface area (Å²) in [5.41, 5.74) is -1.88. The van der Waals surface area contributed by atoms with Gasteiger partial charge in [-0.15, -0.1) is 0 Å². The molecule has 1 aromatic heterocycles. The number of benzene rings is 1. The van der Waals surface area contributed by atoms with Crippen LogP contribution in [0.3, 0.4) is 0 Å². The van der Waals surface area contributed by atoms with E-state index in [1.165, 1.54) is 6.07 Å². The molecule has 0 bridgehead atoms. The van der Waals surface area contributed by atoms with E-state index < -0.39 is 41.0 Å². The number of halogens is 3. The summed E-state index contributed by atoms with van der Waals surface area (Å²) in [6.07, 6.45) is 2.19. The van der Waals surface area contributed by atoms with Crippen molar-refractivity contribution in [2.24, 2.45) is 5.92 Å². The summed E-state index contributed by atoms with van der Waals surface area (Å²) in [7, 11) is 0. The van der Waals surface area contributed by atoms with Crippen molar-refractivity contribution in [3.8, 4) is 6.07 Å². The smallest absolute Gasteiger partial charge is 0.374 e. The summed E-state index contributed by atoms with van der Waals surface area (Å²) in [4.78, 5) is 73.6. The molecule has 0 radical (unpaired) electrons. The van der Waals surface area contributed by atoms with E-state index in [9.17, 15) is 37.1 Å². The second-order valence-corrected chi connectivity index (χ2v) is 17.3. The SMILES string of the molecule is C[C@@H]1CN(CCCC2CCC(N3C(=O)N(Sc4cnc(C#N)c(C(F)(F)F)c4)C(=O)C3(C)C)CC2)C[C@H](C)N1CC(=O)Nc1cccc(NC2CCC(=O)NC2=O)c1. The summed E-state index contributed by atoms with van der Waals surface area (Å²) in [5.74, 6) is -0.807. The number of piperidine rings is 1. The lowest BCUT2D eigenvalue weighted by Crippen LogP contribution is -2.58. The van der Waals surface area contributed by atoms with Crippen LogP contribution >= 0.6 is 11.9 Å². The minimum Gasteiger partial charge on any atom is -0.374 e. The Labute approximate surface area is 340 Å². The number of aromatic nitrogens is 1. The molecule has 2 aromatic rings. The van der Waals surface area contributed by atoms with E-state index in [0.29, 0.717) is 35.7 Å². The highest BCUT2D eigenvalue weighted by atomic mass is 32.2. The van der Waals surface area contributed by atoms with Gasteiger partial charge >= 0.3 is 12.2 Å². The van der Waals surface area contributed by atoms with Gasteiger partial charge in [0.15, 0.2) is 5.69 Å². The molecular formula is C40H50F3N9O5S. The van der Waals surface area contributed by atoms with Crippen LogP contribution < -0.4 is 16.0 Å². The Morgan fingerprint density at radius 1 is 1.03 bits per heavy atom. The lowest BCUT2D eigenvalue weighted by atomic mass is 9.81. The van der Waals surface area contributed by atoms with Gasteiger partial charge in [0, 0.05) is 72.1 Å². The number of piperazine rings is 1. The fourth-order valence-corrected chi connectivity index (χ4v) is 9.67. The molecule has 1 aliphatic carbocycles. The maximum Gasteiger partial charge on any atom is 0.419 e. The maximum absolute atomic E-state index is 13.6. The van der Waals surface area contributed by atoms with Crippen LogP contribution in [0.15, 0.2) is 41.4 Å². The normalized spacial score (nSPS) is 25.7. The number of urea groups is 1. The summed E-state index contributed by atoms with van der Waals surface area (Å²) in [6, 6.07) is 8.43. The first-order chi connectivity index (χ1) is 27.4. The van der Waals surface area contributed by atoms with Crippen LogP contribution in [0.4, 0.5) is 29.3 Å². The summed E-state index contributed by atoms with van der Waals surface area (Å²) >= 11 is 0.594. The first-order valence-electron chi connectivity index (χ1n) is 19.8. The molecule has 58 heavy (non-hydrogen) atoms. The molecule has 1 unspecified atom stereocenters. The number of nitrogens with zero attached hydrogens (tertiary/aromatic N) is 6. The second kappa shape index (κ2) is 17.6. The lowest BCUT2D eigenvalue weighted by molar-refractivity contribution is -0.138. The van der Waals surface area contributed by atoms with Gasteiger partial charge in [-0.25, -0.2) is 9.78 Å². The predicted molar refractivity (Wildman–Crippen MR) is 210 cm³/mol. The zero-order valence-corrected chi connectivity index (χ0v) is 33.9. The molecule has 14 nitrogen and oxygen atoms in total. The fourth-order valence-electron chi connectivity index (χ4n) is 8.72. The Kier molecular flexibility index (Phi) is 13.0. The lowest BCUT2D eigenvalue weighted by Gasteiger charge is -2.44. The van der Waals surface area contributed by atoms with Crippen molar-refractivity contribution in [3.05, 3.63) is 47.8 Å². The molecule has 6 amide bonds. The number of anilines is 2. The Morgan fingerprint density at radius 3 is 2.38 bits per heavy atom. The number of nitriles is 1. The maximum atomic E-state index is 13.6. The number of nitrogens with one attached hydrogen (secondary N) is 3. The zero-order valence-electron chi connectivity index (χ0n) is 33.1. The van der Waals surface area contributed by atoms with E-state index in [2.05, 4.69) is 44.6 Å². The number of amides is 6. The highest BCUT2D eigenvalue weighted by Crippen LogP contribution is 2.42. The first kappa shape index (κ1) is 42.9. The van der Waals surface area contributed by atoms with E-state index in [1.807, 2.05) is 6.07 Å². The Balaban J connectivity index is 0.930. The van der Waals surface area contributed by atoms with Crippen molar-refractivity contribution in [2.45, 2.75) is 120 Å². The molecule has 3 N–H and O–H groups in total. The molecule has 0 spiro atoms. The third-order valence-electron chi connectivity index (χ3n) is 11.7. The fraction of sp³-hybridized carbons (Fsp3) is 0.575. The number of pyridine rings is 1. The second-order valence-electron chi connectivity index (χ2n) is 16.3. The summed E-state index contributed by atoms with van der Waals surface area (Å²) in [5, 5.41) is 17.5. The third-order valence-corrected chi connectivity index (χ3v) is 12.6. The van der Waals surface area contributed by atoms with Gasteiger partial charge in [0.2, 0.25) is 17.7 Å². The molecule has 3 atom stereocenters. The Morgan fingerprint density at radius 2 is 1.72 bits per heavy atom. The third kappa shape index (κ3) is 9.75. The average molecular weight is 826 g/mol. The highest BCUT2D eigenvalue weighted by molar-refractivity contribution is 7.98. The van der Waals surface area contributed by atoms with Crippen molar-refractivity contribution in [3.63, 3.8) is 0 Å². The number of carbonyl (C=O) groups excluding carboxylic acids is 5. The van der Waals surface area contributed by atoms with Gasteiger partial charge < -0.3 is 20.4 Å². The van der Waals surface area contributed by atoms with Crippen LogP contribution in [-0.4, -0.2) is 110 Å².